The molecule has 0 unspecified atom stereocenters. The van der Waals surface area contributed by atoms with E-state index in [9.17, 15) is 18.4 Å². The number of ether oxygens (including phenoxy) is 2. The largest absolute Gasteiger partial charge is 0.493 e. The van der Waals surface area contributed by atoms with Crippen LogP contribution in [-0.4, -0.2) is 42.2 Å². The number of hydrogen-bond acceptors (Lipinski definition) is 6. The van der Waals surface area contributed by atoms with Crippen LogP contribution in [0.1, 0.15) is 37.9 Å². The predicted octanol–water partition coefficient (Wildman–Crippen LogP) is 4.37. The predicted molar refractivity (Wildman–Crippen MR) is 143 cm³/mol. The Hall–Kier alpha value is -3.50. The van der Waals surface area contributed by atoms with E-state index in [1.807, 2.05) is 13.8 Å². The first-order valence-electron chi connectivity index (χ1n) is 11.9. The van der Waals surface area contributed by atoms with Gasteiger partial charge < -0.3 is 14.4 Å². The maximum Gasteiger partial charge on any atom is 0.387 e. The lowest BCUT2D eigenvalue weighted by atomic mass is 9.94. The van der Waals surface area contributed by atoms with Crippen molar-refractivity contribution in [2.45, 2.75) is 33.4 Å². The van der Waals surface area contributed by atoms with Gasteiger partial charge in [0.15, 0.2) is 16.3 Å². The molecule has 0 radical (unpaired) electrons. The van der Waals surface area contributed by atoms with Crippen LogP contribution in [0, 0.1) is 0 Å². The Morgan fingerprint density at radius 2 is 1.87 bits per heavy atom. The van der Waals surface area contributed by atoms with Gasteiger partial charge in [0.2, 0.25) is 0 Å². The number of thiazole rings is 1. The second kappa shape index (κ2) is 11.5. The molecule has 4 rings (SSSR count). The number of nitrogens with zero attached hydrogens (tertiary/aromatic N) is 3. The molecular weight excluding hydrogens is 536 g/mol. The molecule has 11 heteroatoms. The minimum Gasteiger partial charge on any atom is -0.493 e. The Kier molecular flexibility index (Phi) is 8.32. The van der Waals surface area contributed by atoms with Crippen molar-refractivity contribution >= 4 is 34.9 Å². The number of fused-ring (bicyclic) bond motifs is 1. The summed E-state index contributed by atoms with van der Waals surface area (Å²) >= 11 is 7.30. The zero-order valence-corrected chi connectivity index (χ0v) is 22.8. The Labute approximate surface area is 226 Å². The summed E-state index contributed by atoms with van der Waals surface area (Å²) in [5.74, 6) is -0.197. The summed E-state index contributed by atoms with van der Waals surface area (Å²) in [5.41, 5.74) is 1.89. The molecule has 0 saturated heterocycles. The number of methoxy groups -OCH3 is 1. The lowest BCUT2D eigenvalue weighted by Gasteiger charge is -2.29. The molecule has 38 heavy (non-hydrogen) atoms. The summed E-state index contributed by atoms with van der Waals surface area (Å²) in [6.07, 6.45) is 1.63. The smallest absolute Gasteiger partial charge is 0.387 e. The minimum absolute atomic E-state index is 0.105. The number of carbonyl (C=O) groups is 1. The van der Waals surface area contributed by atoms with Gasteiger partial charge in [0, 0.05) is 18.1 Å². The van der Waals surface area contributed by atoms with E-state index < -0.39 is 12.7 Å². The van der Waals surface area contributed by atoms with Crippen molar-refractivity contribution in [1.82, 2.24) is 9.47 Å². The van der Waals surface area contributed by atoms with E-state index in [0.717, 1.165) is 5.56 Å². The highest BCUT2D eigenvalue weighted by Gasteiger charge is 2.34. The first kappa shape index (κ1) is 27.5. The van der Waals surface area contributed by atoms with Crippen LogP contribution in [0.4, 0.5) is 8.78 Å². The Balaban J connectivity index is 1.89. The quantitative estimate of drug-likeness (QED) is 0.409. The van der Waals surface area contributed by atoms with Crippen molar-refractivity contribution in [3.05, 3.63) is 89.6 Å². The molecule has 1 atom stereocenters. The van der Waals surface area contributed by atoms with Crippen LogP contribution in [0.2, 0.25) is 5.02 Å². The Bertz CT molecular complexity index is 1560. The standard InChI is InChI=1S/C27H26ClF2N3O4S/c1-5-32(6-2)25(35)22-15(3)31-27-33(23(22)17-8-10-18(28)11-9-17)24(34)21(38-27)14-16-7-12-19(37-26(29)30)20(13-16)36-4/h7-14,23,26H,5-6H2,1-4H3/b21-14-/t23-/m0/s1. The molecule has 2 heterocycles. The molecule has 3 aromatic rings. The van der Waals surface area contributed by atoms with E-state index in [4.69, 9.17) is 16.3 Å². The van der Waals surface area contributed by atoms with Crippen LogP contribution in [0.25, 0.3) is 6.08 Å². The van der Waals surface area contributed by atoms with Gasteiger partial charge in [0.1, 0.15) is 0 Å². The van der Waals surface area contributed by atoms with Crippen molar-refractivity contribution in [3.63, 3.8) is 0 Å². The van der Waals surface area contributed by atoms with E-state index in [1.54, 1.807) is 48.2 Å². The van der Waals surface area contributed by atoms with Crippen LogP contribution in [-0.2, 0) is 4.79 Å². The summed E-state index contributed by atoms with van der Waals surface area (Å²) in [4.78, 5) is 34.2. The summed E-state index contributed by atoms with van der Waals surface area (Å²) < 4.78 is 37.0. The summed E-state index contributed by atoms with van der Waals surface area (Å²) in [6, 6.07) is 10.7. The van der Waals surface area contributed by atoms with Gasteiger partial charge in [-0.3, -0.25) is 14.2 Å². The van der Waals surface area contributed by atoms with Crippen LogP contribution in [0.3, 0.4) is 0 Å². The molecule has 1 aliphatic heterocycles. The van der Waals surface area contributed by atoms with E-state index in [2.05, 4.69) is 9.73 Å². The maximum atomic E-state index is 13.8. The number of aromatic nitrogens is 1. The van der Waals surface area contributed by atoms with Gasteiger partial charge in [-0.2, -0.15) is 8.78 Å². The number of alkyl halides is 2. The molecule has 7 nitrogen and oxygen atoms in total. The van der Waals surface area contributed by atoms with Crippen molar-refractivity contribution in [2.75, 3.05) is 20.2 Å². The highest BCUT2D eigenvalue weighted by molar-refractivity contribution is 7.07. The van der Waals surface area contributed by atoms with E-state index >= 15 is 0 Å². The molecular formula is C27H26ClF2N3O4S. The fourth-order valence-corrected chi connectivity index (χ4v) is 5.53. The SMILES string of the molecule is CCN(CC)C(=O)C1=C(C)N=c2s/c(=C\c3ccc(OC(F)F)c(OC)c3)c(=O)n2[C@H]1c1ccc(Cl)cc1. The number of benzene rings is 2. The number of hydrogen-bond donors (Lipinski definition) is 0. The molecule has 0 spiro atoms. The van der Waals surface area contributed by atoms with Crippen LogP contribution in [0.15, 0.2) is 63.5 Å². The minimum atomic E-state index is -3.00. The lowest BCUT2D eigenvalue weighted by molar-refractivity contribution is -0.127. The number of halogens is 3. The van der Waals surface area contributed by atoms with Crippen molar-refractivity contribution in [1.29, 1.82) is 0 Å². The third-order valence-electron chi connectivity index (χ3n) is 6.19. The average molecular weight is 562 g/mol. The Morgan fingerprint density at radius 1 is 1.18 bits per heavy atom. The van der Waals surface area contributed by atoms with E-state index in [-0.39, 0.29) is 23.0 Å². The lowest BCUT2D eigenvalue weighted by Crippen LogP contribution is -2.43. The molecule has 0 bridgehead atoms. The number of rotatable bonds is 8. The van der Waals surface area contributed by atoms with Gasteiger partial charge in [0.05, 0.1) is 29.0 Å². The topological polar surface area (TPSA) is 73.1 Å². The molecule has 1 aromatic heterocycles. The second-order valence-corrected chi connectivity index (χ2v) is 9.85. The first-order chi connectivity index (χ1) is 18.2. The van der Waals surface area contributed by atoms with Crippen LogP contribution >= 0.6 is 22.9 Å². The summed E-state index contributed by atoms with van der Waals surface area (Å²) in [6.45, 7) is 3.59. The number of amides is 1. The van der Waals surface area contributed by atoms with Gasteiger partial charge in [-0.25, -0.2) is 4.99 Å². The fraction of sp³-hybridized carbons (Fsp3) is 0.296. The van der Waals surface area contributed by atoms with Crippen molar-refractivity contribution < 1.29 is 23.0 Å². The molecule has 2 aromatic carbocycles. The van der Waals surface area contributed by atoms with Gasteiger partial charge in [-0.05, 0) is 62.2 Å². The molecule has 0 N–H and O–H groups in total. The van der Waals surface area contributed by atoms with Crippen LogP contribution in [0.5, 0.6) is 11.5 Å². The second-order valence-electron chi connectivity index (χ2n) is 8.40. The van der Waals surface area contributed by atoms with E-state index in [0.29, 0.717) is 44.3 Å². The first-order valence-corrected chi connectivity index (χ1v) is 13.1. The molecule has 0 aliphatic carbocycles. The van der Waals surface area contributed by atoms with Gasteiger partial charge in [0.25, 0.3) is 11.5 Å². The zero-order valence-electron chi connectivity index (χ0n) is 21.2. The molecule has 1 amide bonds. The maximum absolute atomic E-state index is 13.8. The summed E-state index contributed by atoms with van der Waals surface area (Å²) in [5, 5.41) is 0.534. The number of allylic oxidation sites excluding steroid dienone is 1. The molecule has 1 aliphatic rings. The summed E-state index contributed by atoms with van der Waals surface area (Å²) in [7, 11) is 1.34. The molecule has 0 fully saturated rings. The third kappa shape index (κ3) is 5.37. The van der Waals surface area contributed by atoms with Gasteiger partial charge in [-0.15, -0.1) is 0 Å². The molecule has 200 valence electrons. The van der Waals surface area contributed by atoms with Gasteiger partial charge in [-0.1, -0.05) is 41.1 Å². The van der Waals surface area contributed by atoms with Crippen LogP contribution < -0.4 is 24.4 Å². The zero-order chi connectivity index (χ0) is 27.6. The fourth-order valence-electron chi connectivity index (χ4n) is 4.36. The Morgan fingerprint density at radius 3 is 2.47 bits per heavy atom. The number of likely N-dealkylation sites (N-methyl/N-ethyl adjacent to an activating group) is 1. The number of carbonyl (C=O) groups excluding carboxylic acids is 1. The highest BCUT2D eigenvalue weighted by atomic mass is 35.5. The molecule has 0 saturated carbocycles. The van der Waals surface area contributed by atoms with E-state index in [1.165, 1.54) is 35.1 Å². The average Bonchev–Trinajstić information content (AvgIpc) is 3.19. The third-order valence-corrected chi connectivity index (χ3v) is 7.42. The van der Waals surface area contributed by atoms with Crippen molar-refractivity contribution in [2.24, 2.45) is 4.99 Å². The highest BCUT2D eigenvalue weighted by Crippen LogP contribution is 2.32. The van der Waals surface area contributed by atoms with Gasteiger partial charge >= 0.3 is 6.61 Å². The normalized spacial score (nSPS) is 15.4. The van der Waals surface area contributed by atoms with Crippen molar-refractivity contribution in [3.8, 4) is 11.5 Å². The monoisotopic (exact) mass is 561 g/mol.